The van der Waals surface area contributed by atoms with Gasteiger partial charge in [0.05, 0.1) is 5.25 Å². The predicted octanol–water partition coefficient (Wildman–Crippen LogP) is 3.64. The van der Waals surface area contributed by atoms with E-state index in [1.807, 2.05) is 11.8 Å². The van der Waals surface area contributed by atoms with Crippen molar-refractivity contribution in [2.75, 3.05) is 0 Å². The second-order valence-corrected chi connectivity index (χ2v) is 6.18. The summed E-state index contributed by atoms with van der Waals surface area (Å²) in [7, 11) is 0. The van der Waals surface area contributed by atoms with Crippen molar-refractivity contribution in [1.29, 1.82) is 0 Å². The van der Waals surface area contributed by atoms with Crippen LogP contribution in [0.25, 0.3) is 0 Å². The van der Waals surface area contributed by atoms with E-state index in [0.717, 1.165) is 6.42 Å². The number of rotatable bonds is 3. The fraction of sp³-hybridized carbons (Fsp3) is 0.667. The summed E-state index contributed by atoms with van der Waals surface area (Å²) < 4.78 is 0. The normalized spacial score (nSPS) is 23.0. The highest BCUT2D eigenvalue weighted by Gasteiger charge is 2.31. The van der Waals surface area contributed by atoms with E-state index in [1.54, 1.807) is 0 Å². The fourth-order valence-corrected chi connectivity index (χ4v) is 3.16. The zero-order valence-electron chi connectivity index (χ0n) is 9.71. The van der Waals surface area contributed by atoms with Gasteiger partial charge in [-0.1, -0.05) is 27.0 Å². The lowest BCUT2D eigenvalue weighted by Gasteiger charge is -2.26. The first-order valence-corrected chi connectivity index (χ1v) is 6.19. The Labute approximate surface area is 92.3 Å². The van der Waals surface area contributed by atoms with Gasteiger partial charge in [0.25, 0.3) is 0 Å². The van der Waals surface area contributed by atoms with E-state index >= 15 is 0 Å². The Morgan fingerprint density at radius 1 is 1.29 bits per heavy atom. The second-order valence-electron chi connectivity index (χ2n) is 4.40. The third-order valence-electron chi connectivity index (χ3n) is 2.40. The molecular weight excluding hydrogens is 190 g/mol. The molecule has 1 fully saturated rings. The van der Waals surface area contributed by atoms with Crippen molar-refractivity contribution in [3.8, 4) is 0 Å². The molecule has 0 bridgehead atoms. The van der Waals surface area contributed by atoms with Crippen molar-refractivity contribution in [3.05, 3.63) is 24.6 Å². The molecular formula is C12H21NS. The van der Waals surface area contributed by atoms with E-state index in [0.29, 0.717) is 16.5 Å². The summed E-state index contributed by atoms with van der Waals surface area (Å²) in [4.78, 5) is 2.28. The largest absolute Gasteiger partial charge is 0.346 e. The highest BCUT2D eigenvalue weighted by molar-refractivity contribution is 8.00. The summed E-state index contributed by atoms with van der Waals surface area (Å²) in [6.45, 7) is 17.2. The first-order chi connectivity index (χ1) is 6.43. The molecule has 1 unspecified atom stereocenters. The van der Waals surface area contributed by atoms with Gasteiger partial charge in [0.2, 0.25) is 0 Å². The van der Waals surface area contributed by atoms with Crippen LogP contribution in [0.2, 0.25) is 0 Å². The Balaban J connectivity index is 2.69. The van der Waals surface area contributed by atoms with E-state index in [9.17, 15) is 0 Å². The lowest BCUT2D eigenvalue weighted by molar-refractivity contribution is 0.379. The van der Waals surface area contributed by atoms with E-state index in [-0.39, 0.29) is 0 Å². The number of nitrogens with zero attached hydrogens (tertiary/aromatic N) is 1. The molecule has 0 aliphatic carbocycles. The maximum absolute atomic E-state index is 4.19. The van der Waals surface area contributed by atoms with E-state index in [1.165, 1.54) is 11.4 Å². The monoisotopic (exact) mass is 211 g/mol. The van der Waals surface area contributed by atoms with Crippen molar-refractivity contribution >= 4 is 11.8 Å². The molecule has 0 N–H and O–H groups in total. The van der Waals surface area contributed by atoms with Crippen LogP contribution in [-0.2, 0) is 0 Å². The molecule has 1 aliphatic heterocycles. The minimum absolute atomic E-state index is 0.493. The summed E-state index contributed by atoms with van der Waals surface area (Å²) in [5.41, 5.74) is 2.46. The minimum Gasteiger partial charge on any atom is -0.346 e. The van der Waals surface area contributed by atoms with Gasteiger partial charge in [0.15, 0.2) is 0 Å². The average Bonchev–Trinajstić information content (AvgIpc) is 2.25. The number of thioether (sulfide) groups is 1. The summed E-state index contributed by atoms with van der Waals surface area (Å²) in [6, 6.07) is 0.493. The van der Waals surface area contributed by atoms with Gasteiger partial charge < -0.3 is 4.90 Å². The Kier molecular flexibility index (Phi) is 3.71. The predicted molar refractivity (Wildman–Crippen MR) is 66.4 cm³/mol. The number of hydrogen-bond donors (Lipinski definition) is 0. The Morgan fingerprint density at radius 2 is 1.86 bits per heavy atom. The van der Waals surface area contributed by atoms with Crippen LogP contribution >= 0.6 is 11.8 Å². The lowest BCUT2D eigenvalue weighted by atomic mass is 10.3. The van der Waals surface area contributed by atoms with Crippen molar-refractivity contribution in [2.24, 2.45) is 0 Å². The molecule has 14 heavy (non-hydrogen) atoms. The third kappa shape index (κ3) is 2.35. The van der Waals surface area contributed by atoms with Crippen LogP contribution in [0.1, 0.15) is 34.1 Å². The van der Waals surface area contributed by atoms with Crippen molar-refractivity contribution in [1.82, 2.24) is 4.90 Å². The molecule has 0 spiro atoms. The molecule has 0 aromatic heterocycles. The highest BCUT2D eigenvalue weighted by atomic mass is 32.2. The number of hydrogen-bond acceptors (Lipinski definition) is 2. The van der Waals surface area contributed by atoms with Gasteiger partial charge in [-0.3, -0.25) is 0 Å². The van der Waals surface area contributed by atoms with Crippen molar-refractivity contribution < 1.29 is 0 Å². The van der Waals surface area contributed by atoms with Crippen molar-refractivity contribution in [3.63, 3.8) is 0 Å². The van der Waals surface area contributed by atoms with Gasteiger partial charge >= 0.3 is 0 Å². The van der Waals surface area contributed by atoms with Crippen LogP contribution < -0.4 is 0 Å². The molecule has 0 amide bonds. The van der Waals surface area contributed by atoms with Crippen LogP contribution in [0.5, 0.6) is 0 Å². The van der Waals surface area contributed by atoms with Crippen LogP contribution in [0.4, 0.5) is 0 Å². The average molecular weight is 211 g/mol. The summed E-state index contributed by atoms with van der Waals surface area (Å²) in [5, 5.41) is 1.21. The SMILES string of the molecule is C=C1CC(SC(C)C)C(=C)N1C(C)C. The molecule has 0 aromatic carbocycles. The Hall–Kier alpha value is -0.370. The van der Waals surface area contributed by atoms with Gasteiger partial charge in [-0.25, -0.2) is 0 Å². The first kappa shape index (κ1) is 11.7. The zero-order chi connectivity index (χ0) is 10.9. The Bertz CT molecular complexity index is 243. The van der Waals surface area contributed by atoms with Crippen LogP contribution in [0, 0.1) is 0 Å². The standard InChI is InChI=1S/C12H21NS/c1-8(2)13-10(5)7-12(11(13)6)14-9(3)4/h8-9,12H,5-7H2,1-4H3. The lowest BCUT2D eigenvalue weighted by Crippen LogP contribution is -2.25. The molecule has 0 aromatic rings. The molecule has 1 heterocycles. The van der Waals surface area contributed by atoms with E-state index in [2.05, 4.69) is 45.8 Å². The number of likely N-dealkylation sites (tertiary alicyclic amines) is 1. The zero-order valence-corrected chi connectivity index (χ0v) is 10.5. The second kappa shape index (κ2) is 4.43. The summed E-state index contributed by atoms with van der Waals surface area (Å²) in [5.74, 6) is 0. The molecule has 1 atom stereocenters. The number of allylic oxidation sites excluding steroid dienone is 1. The quantitative estimate of drug-likeness (QED) is 0.701. The topological polar surface area (TPSA) is 3.24 Å². The molecule has 0 radical (unpaired) electrons. The molecule has 1 saturated heterocycles. The smallest absolute Gasteiger partial charge is 0.0501 e. The summed E-state index contributed by atoms with van der Waals surface area (Å²) in [6.07, 6.45) is 1.07. The van der Waals surface area contributed by atoms with Gasteiger partial charge in [0.1, 0.15) is 0 Å². The van der Waals surface area contributed by atoms with E-state index in [4.69, 9.17) is 0 Å². The van der Waals surface area contributed by atoms with Gasteiger partial charge in [-0.2, -0.15) is 0 Å². The maximum Gasteiger partial charge on any atom is 0.0501 e. The Morgan fingerprint density at radius 3 is 2.21 bits per heavy atom. The minimum atomic E-state index is 0.493. The van der Waals surface area contributed by atoms with Crippen LogP contribution in [-0.4, -0.2) is 21.4 Å². The first-order valence-electron chi connectivity index (χ1n) is 5.24. The molecule has 1 nitrogen and oxygen atoms in total. The fourth-order valence-electron chi connectivity index (χ4n) is 1.94. The van der Waals surface area contributed by atoms with Crippen LogP contribution in [0.3, 0.4) is 0 Å². The maximum atomic E-state index is 4.19. The molecule has 1 aliphatic rings. The molecule has 2 heteroatoms. The van der Waals surface area contributed by atoms with E-state index < -0.39 is 0 Å². The third-order valence-corrected chi connectivity index (χ3v) is 3.71. The summed E-state index contributed by atoms with van der Waals surface area (Å²) >= 11 is 1.99. The molecule has 1 rings (SSSR count). The van der Waals surface area contributed by atoms with Crippen molar-refractivity contribution in [2.45, 2.75) is 50.7 Å². The highest BCUT2D eigenvalue weighted by Crippen LogP contribution is 2.39. The molecule has 80 valence electrons. The molecule has 0 saturated carbocycles. The van der Waals surface area contributed by atoms with Gasteiger partial charge in [-0.15, -0.1) is 11.8 Å². The van der Waals surface area contributed by atoms with Gasteiger partial charge in [0, 0.05) is 23.9 Å². The van der Waals surface area contributed by atoms with Crippen LogP contribution in [0.15, 0.2) is 24.6 Å². The van der Waals surface area contributed by atoms with Gasteiger partial charge in [-0.05, 0) is 19.1 Å².